The lowest BCUT2D eigenvalue weighted by Crippen LogP contribution is -2.30. The maximum Gasteiger partial charge on any atom is 0.472 e. The van der Waals surface area contributed by atoms with E-state index in [0.717, 1.165) is 116 Å². The third kappa shape index (κ3) is 55.7. The molecule has 0 aromatic carbocycles. The molecule has 0 aromatic heterocycles. The summed E-state index contributed by atoms with van der Waals surface area (Å²) in [6, 6.07) is 0. The van der Waals surface area contributed by atoms with Gasteiger partial charge in [0, 0.05) is 19.3 Å². The average Bonchev–Trinajstić information content (AvgIpc) is 3.41. The lowest BCUT2D eigenvalue weighted by Gasteiger charge is -2.21. The van der Waals surface area contributed by atoms with Crippen molar-refractivity contribution < 1.29 is 52.2 Å². The number of carbonyl (C=O) groups is 3. The molecule has 0 rings (SSSR count). The Balaban J connectivity index is 4.72. The molecule has 440 valence electrons. The Morgan fingerprint density at radius 1 is 0.382 bits per heavy atom. The van der Waals surface area contributed by atoms with E-state index in [2.05, 4.69) is 93.7 Å². The molecule has 12 heteroatoms. The van der Waals surface area contributed by atoms with E-state index in [1.807, 2.05) is 0 Å². The molecular formula is C64H113O11P. The predicted molar refractivity (Wildman–Crippen MR) is 316 cm³/mol. The molecule has 0 fully saturated rings. The van der Waals surface area contributed by atoms with Crippen molar-refractivity contribution in [3.05, 3.63) is 72.9 Å². The van der Waals surface area contributed by atoms with Gasteiger partial charge in [0.25, 0.3) is 0 Å². The lowest BCUT2D eigenvalue weighted by atomic mass is 10.0. The maximum atomic E-state index is 12.9. The smallest absolute Gasteiger partial charge is 0.462 e. The first kappa shape index (κ1) is 72.9. The molecule has 0 saturated heterocycles. The zero-order valence-electron chi connectivity index (χ0n) is 48.7. The molecule has 0 aliphatic rings. The normalized spacial score (nSPS) is 13.8. The summed E-state index contributed by atoms with van der Waals surface area (Å²) in [7, 11) is -4.76. The minimum Gasteiger partial charge on any atom is -0.462 e. The van der Waals surface area contributed by atoms with Gasteiger partial charge in [-0.3, -0.25) is 23.4 Å². The lowest BCUT2D eigenvalue weighted by molar-refractivity contribution is -0.161. The van der Waals surface area contributed by atoms with Gasteiger partial charge < -0.3 is 24.2 Å². The molecule has 0 heterocycles. The molecule has 0 saturated carbocycles. The number of aliphatic hydroxyl groups excluding tert-OH is 1. The summed E-state index contributed by atoms with van der Waals surface area (Å²) >= 11 is 0. The third-order valence-electron chi connectivity index (χ3n) is 13.1. The number of phosphoric acid groups is 1. The zero-order chi connectivity index (χ0) is 55.5. The Hall–Kier alpha value is -3.08. The van der Waals surface area contributed by atoms with E-state index in [9.17, 15) is 28.9 Å². The van der Waals surface area contributed by atoms with Gasteiger partial charge in [0.15, 0.2) is 6.10 Å². The molecule has 0 bridgehead atoms. The minimum atomic E-state index is -4.76. The first-order valence-corrected chi connectivity index (χ1v) is 32.3. The molecule has 3 atom stereocenters. The molecule has 2 N–H and O–H groups in total. The molecule has 0 aromatic rings. The summed E-state index contributed by atoms with van der Waals surface area (Å²) in [5, 5.41) is 9.82. The minimum absolute atomic E-state index is 0.140. The molecular weight excluding hydrogens is 976 g/mol. The standard InChI is InChI=1S/C64H113O11P/c1-4-7-10-13-16-19-22-25-27-29-30-32-33-36-38-41-44-47-50-53-62(66)71-57-61(75-64(68)55-52-49-46-43-40-37-34-31-28-26-23-20-17-14-11-8-5-2)59-73-76(69,70)72-58-60(56-65)74-63(67)54-51-48-45-42-39-35-24-21-18-15-12-9-6-3/h8-9,11-12,17-18,20-21,26,28,35,39,60-61,65H,4-7,10,13-16,19,22-25,27,29-34,36-38,40-59H2,1-3H3,(H,69,70)/b11-8-,12-9-,20-17-,21-18-,28-26-,39-35-. The van der Waals surface area contributed by atoms with Gasteiger partial charge in [-0.1, -0.05) is 248 Å². The molecule has 0 aliphatic carbocycles. The van der Waals surface area contributed by atoms with Crippen LogP contribution < -0.4 is 0 Å². The van der Waals surface area contributed by atoms with Gasteiger partial charge in [-0.25, -0.2) is 4.57 Å². The summed E-state index contributed by atoms with van der Waals surface area (Å²) in [5.41, 5.74) is 0. The van der Waals surface area contributed by atoms with Crippen molar-refractivity contribution in [2.45, 2.75) is 290 Å². The van der Waals surface area contributed by atoms with Gasteiger partial charge in [0.1, 0.15) is 12.7 Å². The van der Waals surface area contributed by atoms with Crippen LogP contribution in [-0.2, 0) is 42.2 Å². The monoisotopic (exact) mass is 1090 g/mol. The van der Waals surface area contributed by atoms with Crippen molar-refractivity contribution in [2.24, 2.45) is 0 Å². The molecule has 76 heavy (non-hydrogen) atoms. The first-order chi connectivity index (χ1) is 37.2. The van der Waals surface area contributed by atoms with Gasteiger partial charge in [-0.2, -0.15) is 0 Å². The highest BCUT2D eigenvalue weighted by Crippen LogP contribution is 2.43. The van der Waals surface area contributed by atoms with Gasteiger partial charge >= 0.3 is 25.7 Å². The molecule has 3 unspecified atom stereocenters. The number of allylic oxidation sites excluding steroid dienone is 12. The Morgan fingerprint density at radius 2 is 0.684 bits per heavy atom. The fraction of sp³-hybridized carbons (Fsp3) is 0.766. The molecule has 0 aliphatic heterocycles. The predicted octanol–water partition coefficient (Wildman–Crippen LogP) is 18.5. The Kier molecular flexibility index (Phi) is 55.7. The number of unbranched alkanes of at least 4 members (excludes halogenated alkanes) is 28. The maximum absolute atomic E-state index is 12.9. The van der Waals surface area contributed by atoms with Crippen LogP contribution in [0.2, 0.25) is 0 Å². The van der Waals surface area contributed by atoms with Crippen molar-refractivity contribution in [2.75, 3.05) is 26.4 Å². The number of phosphoric ester groups is 1. The van der Waals surface area contributed by atoms with Gasteiger partial charge in [0.05, 0.1) is 19.8 Å². The second-order valence-electron chi connectivity index (χ2n) is 20.5. The van der Waals surface area contributed by atoms with Crippen molar-refractivity contribution >= 4 is 25.7 Å². The van der Waals surface area contributed by atoms with Crippen LogP contribution in [0, 0.1) is 0 Å². The third-order valence-corrected chi connectivity index (χ3v) is 14.1. The number of esters is 3. The molecule has 0 radical (unpaired) electrons. The second kappa shape index (κ2) is 58.1. The summed E-state index contributed by atoms with van der Waals surface area (Å²) in [4.78, 5) is 48.6. The fourth-order valence-electron chi connectivity index (χ4n) is 8.50. The summed E-state index contributed by atoms with van der Waals surface area (Å²) in [6.07, 6.45) is 65.8. The van der Waals surface area contributed by atoms with Crippen molar-refractivity contribution in [3.8, 4) is 0 Å². The highest BCUT2D eigenvalue weighted by molar-refractivity contribution is 7.47. The number of carbonyl (C=O) groups excluding carboxylic acids is 3. The molecule has 0 spiro atoms. The van der Waals surface area contributed by atoms with Gasteiger partial charge in [-0.15, -0.1) is 0 Å². The van der Waals surface area contributed by atoms with Crippen molar-refractivity contribution in [1.29, 1.82) is 0 Å². The van der Waals surface area contributed by atoms with Gasteiger partial charge in [-0.05, 0) is 83.5 Å². The first-order valence-electron chi connectivity index (χ1n) is 30.8. The van der Waals surface area contributed by atoms with Crippen LogP contribution >= 0.6 is 7.82 Å². The zero-order valence-corrected chi connectivity index (χ0v) is 49.6. The fourth-order valence-corrected chi connectivity index (χ4v) is 9.29. The van der Waals surface area contributed by atoms with Crippen LogP contribution in [0.4, 0.5) is 0 Å². The Bertz CT molecular complexity index is 1550. The highest BCUT2D eigenvalue weighted by Gasteiger charge is 2.28. The average molecular weight is 1090 g/mol. The molecule has 11 nitrogen and oxygen atoms in total. The van der Waals surface area contributed by atoms with Crippen LogP contribution in [0.3, 0.4) is 0 Å². The number of aliphatic hydroxyl groups is 1. The number of hydrogen-bond acceptors (Lipinski definition) is 10. The van der Waals surface area contributed by atoms with Crippen LogP contribution in [0.25, 0.3) is 0 Å². The number of hydrogen-bond donors (Lipinski definition) is 2. The van der Waals surface area contributed by atoms with Crippen LogP contribution in [0.5, 0.6) is 0 Å². The summed E-state index contributed by atoms with van der Waals surface area (Å²) in [6.45, 7) is 4.41. The number of ether oxygens (including phenoxy) is 3. The van der Waals surface area contributed by atoms with Gasteiger partial charge in [0.2, 0.25) is 0 Å². The summed E-state index contributed by atoms with van der Waals surface area (Å²) in [5.74, 6) is -1.49. The topological polar surface area (TPSA) is 155 Å². The van der Waals surface area contributed by atoms with E-state index < -0.39 is 57.8 Å². The van der Waals surface area contributed by atoms with Crippen molar-refractivity contribution in [3.63, 3.8) is 0 Å². The van der Waals surface area contributed by atoms with Crippen LogP contribution in [0.15, 0.2) is 72.9 Å². The number of rotatable bonds is 57. The highest BCUT2D eigenvalue weighted by atomic mass is 31.2. The Labute approximate surface area is 465 Å². The van der Waals surface area contributed by atoms with Crippen LogP contribution in [-0.4, -0.2) is 66.5 Å². The van der Waals surface area contributed by atoms with Crippen LogP contribution in [0.1, 0.15) is 278 Å². The van der Waals surface area contributed by atoms with E-state index in [1.54, 1.807) is 0 Å². The summed E-state index contributed by atoms with van der Waals surface area (Å²) < 4.78 is 39.6. The van der Waals surface area contributed by atoms with E-state index >= 15 is 0 Å². The van der Waals surface area contributed by atoms with Crippen molar-refractivity contribution in [1.82, 2.24) is 0 Å². The van der Waals surface area contributed by atoms with E-state index in [-0.39, 0.29) is 25.9 Å². The molecule has 0 amide bonds. The quantitative estimate of drug-likeness (QED) is 0.0197. The van der Waals surface area contributed by atoms with E-state index in [0.29, 0.717) is 19.3 Å². The van der Waals surface area contributed by atoms with E-state index in [4.69, 9.17) is 23.3 Å². The largest absolute Gasteiger partial charge is 0.472 e. The van der Waals surface area contributed by atoms with E-state index in [1.165, 1.54) is 103 Å². The second-order valence-corrected chi connectivity index (χ2v) is 21.9. The Morgan fingerprint density at radius 3 is 1.07 bits per heavy atom. The SMILES string of the molecule is CC/C=C\C/C=C\C/C=C\CCCCCCCCCC(=O)OC(COC(=O)CCCCCCCCCCCCCCCCCCCCC)COP(=O)(O)OCC(CO)OC(=O)CCCCC/C=C\C/C=C\C/C=C\CC.